The SMILES string of the molecule is CC(C)NCCC(C)c1ccn(C)n1. The van der Waals surface area contributed by atoms with Gasteiger partial charge in [0.2, 0.25) is 0 Å². The summed E-state index contributed by atoms with van der Waals surface area (Å²) in [5, 5.41) is 7.82. The van der Waals surface area contributed by atoms with E-state index in [1.54, 1.807) is 0 Å². The number of aromatic nitrogens is 2. The quantitative estimate of drug-likeness (QED) is 0.778. The van der Waals surface area contributed by atoms with Gasteiger partial charge in [-0.25, -0.2) is 0 Å². The second kappa shape index (κ2) is 5.15. The molecule has 3 nitrogen and oxygen atoms in total. The van der Waals surface area contributed by atoms with Crippen LogP contribution in [-0.4, -0.2) is 22.4 Å². The second-order valence-electron chi connectivity index (χ2n) is 4.21. The Labute approximate surface area is 86.5 Å². The fraction of sp³-hybridized carbons (Fsp3) is 0.727. The summed E-state index contributed by atoms with van der Waals surface area (Å²) in [5.41, 5.74) is 1.19. The third-order valence-electron chi connectivity index (χ3n) is 2.37. The molecule has 1 N–H and O–H groups in total. The number of hydrogen-bond acceptors (Lipinski definition) is 2. The van der Waals surface area contributed by atoms with Gasteiger partial charge in [0.25, 0.3) is 0 Å². The lowest BCUT2D eigenvalue weighted by Crippen LogP contribution is -2.24. The standard InChI is InChI=1S/C11H21N3/c1-9(2)12-7-5-10(3)11-6-8-14(4)13-11/h6,8-10,12H,5,7H2,1-4H3. The van der Waals surface area contributed by atoms with Crippen LogP contribution < -0.4 is 5.32 Å². The van der Waals surface area contributed by atoms with Crippen LogP contribution in [-0.2, 0) is 7.05 Å². The minimum absolute atomic E-state index is 0.544. The van der Waals surface area contributed by atoms with E-state index in [1.807, 2.05) is 17.9 Å². The van der Waals surface area contributed by atoms with Gasteiger partial charge < -0.3 is 5.32 Å². The Bertz CT molecular complexity index is 265. The highest BCUT2D eigenvalue weighted by Crippen LogP contribution is 2.15. The van der Waals surface area contributed by atoms with Crippen molar-refractivity contribution in [2.45, 2.75) is 39.2 Å². The van der Waals surface area contributed by atoms with E-state index >= 15 is 0 Å². The van der Waals surface area contributed by atoms with Crippen molar-refractivity contribution in [3.63, 3.8) is 0 Å². The lowest BCUT2D eigenvalue weighted by atomic mass is 10.0. The van der Waals surface area contributed by atoms with Gasteiger partial charge in [-0.2, -0.15) is 5.10 Å². The lowest BCUT2D eigenvalue weighted by Gasteiger charge is -2.11. The first-order valence-corrected chi connectivity index (χ1v) is 5.32. The summed E-state index contributed by atoms with van der Waals surface area (Å²) in [7, 11) is 1.96. The monoisotopic (exact) mass is 195 g/mol. The minimum atomic E-state index is 0.544. The Hall–Kier alpha value is -0.830. The van der Waals surface area contributed by atoms with E-state index in [4.69, 9.17) is 0 Å². The highest BCUT2D eigenvalue weighted by molar-refractivity contribution is 5.04. The molecule has 0 aromatic carbocycles. The van der Waals surface area contributed by atoms with E-state index in [-0.39, 0.29) is 0 Å². The summed E-state index contributed by atoms with van der Waals surface area (Å²) >= 11 is 0. The molecule has 14 heavy (non-hydrogen) atoms. The Morgan fingerprint density at radius 2 is 2.14 bits per heavy atom. The zero-order valence-corrected chi connectivity index (χ0v) is 9.62. The minimum Gasteiger partial charge on any atom is -0.315 e. The Kier molecular flexibility index (Phi) is 4.14. The normalized spacial score (nSPS) is 13.5. The molecule has 1 heterocycles. The zero-order chi connectivity index (χ0) is 10.6. The third kappa shape index (κ3) is 3.50. The van der Waals surface area contributed by atoms with Crippen LogP contribution in [0.4, 0.5) is 0 Å². The molecule has 1 unspecified atom stereocenters. The maximum atomic E-state index is 4.40. The van der Waals surface area contributed by atoms with Crippen LogP contribution in [0, 0.1) is 0 Å². The van der Waals surface area contributed by atoms with Gasteiger partial charge in [-0.3, -0.25) is 4.68 Å². The molecule has 1 atom stereocenters. The van der Waals surface area contributed by atoms with Crippen LogP contribution >= 0.6 is 0 Å². The fourth-order valence-electron chi connectivity index (χ4n) is 1.43. The van der Waals surface area contributed by atoms with Crippen molar-refractivity contribution in [1.29, 1.82) is 0 Å². The van der Waals surface area contributed by atoms with Crippen LogP contribution in [0.5, 0.6) is 0 Å². The Morgan fingerprint density at radius 1 is 1.43 bits per heavy atom. The molecule has 0 bridgehead atoms. The predicted molar refractivity (Wildman–Crippen MR) is 59.4 cm³/mol. The second-order valence-corrected chi connectivity index (χ2v) is 4.21. The molecule has 3 heteroatoms. The largest absolute Gasteiger partial charge is 0.315 e. The van der Waals surface area contributed by atoms with Gasteiger partial charge in [-0.15, -0.1) is 0 Å². The molecule has 0 aliphatic carbocycles. The first kappa shape index (κ1) is 11.2. The molecule has 0 saturated carbocycles. The molecule has 1 aromatic heterocycles. The Morgan fingerprint density at radius 3 is 2.64 bits per heavy atom. The number of nitrogens with one attached hydrogen (secondary N) is 1. The number of aryl methyl sites for hydroxylation is 1. The molecule has 0 amide bonds. The molecule has 0 fully saturated rings. The van der Waals surface area contributed by atoms with Gasteiger partial charge in [0, 0.05) is 25.2 Å². The number of nitrogens with zero attached hydrogens (tertiary/aromatic N) is 2. The summed E-state index contributed by atoms with van der Waals surface area (Å²) in [6.45, 7) is 7.64. The van der Waals surface area contributed by atoms with Gasteiger partial charge >= 0.3 is 0 Å². The summed E-state index contributed by atoms with van der Waals surface area (Å²) in [4.78, 5) is 0. The smallest absolute Gasteiger partial charge is 0.0653 e. The fourth-order valence-corrected chi connectivity index (χ4v) is 1.43. The molecular formula is C11H21N3. The summed E-state index contributed by atoms with van der Waals surface area (Å²) in [5.74, 6) is 0.544. The molecule has 0 aliphatic rings. The van der Waals surface area contributed by atoms with E-state index < -0.39 is 0 Å². The molecule has 1 rings (SSSR count). The summed E-state index contributed by atoms with van der Waals surface area (Å²) in [6.07, 6.45) is 3.15. The molecule has 0 spiro atoms. The van der Waals surface area contributed by atoms with Crippen molar-refractivity contribution in [2.24, 2.45) is 7.05 Å². The van der Waals surface area contributed by atoms with Crippen LogP contribution in [0.2, 0.25) is 0 Å². The average Bonchev–Trinajstić information content (AvgIpc) is 2.51. The summed E-state index contributed by atoms with van der Waals surface area (Å²) in [6, 6.07) is 2.67. The maximum absolute atomic E-state index is 4.40. The highest BCUT2D eigenvalue weighted by Gasteiger charge is 2.07. The number of hydrogen-bond donors (Lipinski definition) is 1. The zero-order valence-electron chi connectivity index (χ0n) is 9.62. The maximum Gasteiger partial charge on any atom is 0.0653 e. The van der Waals surface area contributed by atoms with Crippen molar-refractivity contribution in [1.82, 2.24) is 15.1 Å². The van der Waals surface area contributed by atoms with Crippen LogP contribution in [0.15, 0.2) is 12.3 Å². The average molecular weight is 195 g/mol. The van der Waals surface area contributed by atoms with Crippen LogP contribution in [0.1, 0.15) is 38.8 Å². The lowest BCUT2D eigenvalue weighted by molar-refractivity contribution is 0.533. The van der Waals surface area contributed by atoms with Crippen molar-refractivity contribution in [3.05, 3.63) is 18.0 Å². The Balaban J connectivity index is 2.32. The van der Waals surface area contributed by atoms with Crippen molar-refractivity contribution in [3.8, 4) is 0 Å². The molecule has 80 valence electrons. The van der Waals surface area contributed by atoms with Gasteiger partial charge in [0.1, 0.15) is 0 Å². The van der Waals surface area contributed by atoms with Crippen LogP contribution in [0.3, 0.4) is 0 Å². The number of rotatable bonds is 5. The third-order valence-corrected chi connectivity index (χ3v) is 2.37. The van der Waals surface area contributed by atoms with Gasteiger partial charge in [-0.1, -0.05) is 20.8 Å². The van der Waals surface area contributed by atoms with E-state index in [0.29, 0.717) is 12.0 Å². The first-order valence-electron chi connectivity index (χ1n) is 5.32. The van der Waals surface area contributed by atoms with Crippen molar-refractivity contribution >= 4 is 0 Å². The molecule has 0 aliphatic heterocycles. The molecule has 1 aromatic rings. The van der Waals surface area contributed by atoms with Crippen molar-refractivity contribution in [2.75, 3.05) is 6.54 Å². The van der Waals surface area contributed by atoms with Gasteiger partial charge in [0.15, 0.2) is 0 Å². The van der Waals surface area contributed by atoms with E-state index in [1.165, 1.54) is 5.69 Å². The van der Waals surface area contributed by atoms with E-state index in [0.717, 1.165) is 13.0 Å². The first-order chi connectivity index (χ1) is 6.59. The summed E-state index contributed by atoms with van der Waals surface area (Å²) < 4.78 is 1.86. The van der Waals surface area contributed by atoms with Gasteiger partial charge in [0.05, 0.1) is 5.69 Å². The molecular weight excluding hydrogens is 174 g/mol. The van der Waals surface area contributed by atoms with Crippen LogP contribution in [0.25, 0.3) is 0 Å². The molecule has 0 saturated heterocycles. The van der Waals surface area contributed by atoms with E-state index in [2.05, 4.69) is 37.3 Å². The van der Waals surface area contributed by atoms with Crippen molar-refractivity contribution < 1.29 is 0 Å². The van der Waals surface area contributed by atoms with Gasteiger partial charge in [-0.05, 0) is 19.0 Å². The van der Waals surface area contributed by atoms with E-state index in [9.17, 15) is 0 Å². The molecule has 0 radical (unpaired) electrons. The topological polar surface area (TPSA) is 29.9 Å². The highest BCUT2D eigenvalue weighted by atomic mass is 15.2. The predicted octanol–water partition coefficient (Wildman–Crippen LogP) is 1.91.